The number of hydrogen-bond acceptors (Lipinski definition) is 2. The maximum absolute atomic E-state index is 8.21. The molecule has 2 radical (unpaired) electrons. The van der Waals surface area contributed by atoms with E-state index < -0.39 is 10.0 Å². The maximum atomic E-state index is 8.21. The van der Waals surface area contributed by atoms with Crippen LogP contribution in [-0.2, 0) is 4.43 Å². The van der Waals surface area contributed by atoms with Crippen molar-refractivity contribution in [3.63, 3.8) is 0 Å². The SMILES string of the molecule is CC(C)(C)O[Si]O. The summed E-state index contributed by atoms with van der Waals surface area (Å²) in [5, 5.41) is 0. The summed E-state index contributed by atoms with van der Waals surface area (Å²) < 4.78 is 4.81. The molecule has 0 unspecified atom stereocenters. The van der Waals surface area contributed by atoms with E-state index in [-0.39, 0.29) is 5.60 Å². The third kappa shape index (κ3) is 6.14. The van der Waals surface area contributed by atoms with E-state index in [4.69, 9.17) is 9.22 Å². The fourth-order valence-corrected chi connectivity index (χ4v) is 0.411. The average Bonchev–Trinajstić information content (AvgIpc) is 1.30. The number of hydrogen-bond donors (Lipinski definition) is 1. The number of rotatable bonds is 1. The lowest BCUT2D eigenvalue weighted by molar-refractivity contribution is 0.116. The van der Waals surface area contributed by atoms with Crippen LogP contribution in [0.2, 0.25) is 0 Å². The summed E-state index contributed by atoms with van der Waals surface area (Å²) in [6.07, 6.45) is 0. The van der Waals surface area contributed by atoms with Gasteiger partial charge in [0, 0.05) is 5.60 Å². The molecule has 0 saturated heterocycles. The second kappa shape index (κ2) is 2.45. The van der Waals surface area contributed by atoms with Gasteiger partial charge in [-0.25, -0.2) is 0 Å². The summed E-state index contributed by atoms with van der Waals surface area (Å²) >= 11 is 0. The van der Waals surface area contributed by atoms with E-state index >= 15 is 0 Å². The quantitative estimate of drug-likeness (QED) is 0.503. The summed E-state index contributed by atoms with van der Waals surface area (Å²) in [5.41, 5.74) is -0.187. The van der Waals surface area contributed by atoms with Gasteiger partial charge in [-0.15, -0.1) is 0 Å². The van der Waals surface area contributed by atoms with Gasteiger partial charge in [0.15, 0.2) is 0 Å². The molecule has 1 N–H and O–H groups in total. The molecular weight excluding hydrogens is 108 g/mol. The van der Waals surface area contributed by atoms with Crippen LogP contribution >= 0.6 is 0 Å². The van der Waals surface area contributed by atoms with Crippen LogP contribution in [0.5, 0.6) is 0 Å². The third-order valence-corrected chi connectivity index (χ3v) is 1.06. The van der Waals surface area contributed by atoms with Gasteiger partial charge in [-0.1, -0.05) is 0 Å². The highest BCUT2D eigenvalue weighted by molar-refractivity contribution is 6.16. The molecule has 3 heteroatoms. The highest BCUT2D eigenvalue weighted by Crippen LogP contribution is 2.03. The predicted molar refractivity (Wildman–Crippen MR) is 28.8 cm³/mol. The molecule has 0 atom stereocenters. The summed E-state index contributed by atoms with van der Waals surface area (Å²) in [7, 11) is -0.391. The largest absolute Gasteiger partial charge is 0.430 e. The van der Waals surface area contributed by atoms with Gasteiger partial charge >= 0.3 is 10.0 Å². The Labute approximate surface area is 46.6 Å². The fourth-order valence-electron chi connectivity index (χ4n) is 0.137. The van der Waals surface area contributed by atoms with Crippen LogP contribution in [0.25, 0.3) is 0 Å². The van der Waals surface area contributed by atoms with Crippen LogP contribution in [0.3, 0.4) is 0 Å². The first kappa shape index (κ1) is 7.14. The van der Waals surface area contributed by atoms with Gasteiger partial charge in [0.2, 0.25) is 0 Å². The molecule has 0 aliphatic carbocycles. The molecule has 0 fully saturated rings. The molecule has 0 heterocycles. The van der Waals surface area contributed by atoms with Gasteiger partial charge < -0.3 is 9.22 Å². The van der Waals surface area contributed by atoms with Crippen molar-refractivity contribution in [3.05, 3.63) is 0 Å². The van der Waals surface area contributed by atoms with E-state index in [1.54, 1.807) is 0 Å². The van der Waals surface area contributed by atoms with Crippen LogP contribution in [0.4, 0.5) is 0 Å². The summed E-state index contributed by atoms with van der Waals surface area (Å²) in [4.78, 5) is 8.21. The Balaban J connectivity index is 3.15. The Morgan fingerprint density at radius 3 is 1.86 bits per heavy atom. The normalized spacial score (nSPS) is 12.0. The van der Waals surface area contributed by atoms with Crippen LogP contribution in [0.15, 0.2) is 0 Å². The van der Waals surface area contributed by atoms with Gasteiger partial charge in [-0.05, 0) is 20.8 Å². The van der Waals surface area contributed by atoms with Crippen molar-refractivity contribution in [1.82, 2.24) is 0 Å². The topological polar surface area (TPSA) is 29.5 Å². The maximum Gasteiger partial charge on any atom is 0.430 e. The van der Waals surface area contributed by atoms with Gasteiger partial charge in [0.1, 0.15) is 0 Å². The Hall–Kier alpha value is 0.137. The Morgan fingerprint density at radius 2 is 1.86 bits per heavy atom. The molecule has 0 rings (SSSR count). The minimum atomic E-state index is -0.391. The van der Waals surface area contributed by atoms with Crippen molar-refractivity contribution in [2.75, 3.05) is 0 Å². The Bertz CT molecular complexity index is 48.1. The lowest BCUT2D eigenvalue weighted by atomic mass is 10.2. The molecular formula is C4H10O2Si. The van der Waals surface area contributed by atoms with E-state index in [0.29, 0.717) is 0 Å². The first-order valence-corrected chi connectivity index (χ1v) is 2.99. The monoisotopic (exact) mass is 118 g/mol. The second-order valence-electron chi connectivity index (χ2n) is 2.31. The molecule has 0 spiro atoms. The van der Waals surface area contributed by atoms with Crippen LogP contribution in [-0.4, -0.2) is 20.4 Å². The van der Waals surface area contributed by atoms with E-state index in [0.717, 1.165) is 0 Å². The van der Waals surface area contributed by atoms with Crippen LogP contribution < -0.4 is 0 Å². The second-order valence-corrected chi connectivity index (χ2v) is 2.69. The average molecular weight is 118 g/mol. The van der Waals surface area contributed by atoms with Crippen molar-refractivity contribution in [2.45, 2.75) is 26.4 Å². The predicted octanol–water partition coefficient (Wildman–Crippen LogP) is 0.328. The molecule has 0 amide bonds. The molecule has 0 aromatic carbocycles. The summed E-state index contributed by atoms with van der Waals surface area (Å²) in [6.45, 7) is 5.70. The van der Waals surface area contributed by atoms with Gasteiger partial charge in [-0.2, -0.15) is 0 Å². The zero-order valence-corrected chi connectivity index (χ0v) is 5.86. The fraction of sp³-hybridized carbons (Fsp3) is 1.00. The zero-order valence-electron chi connectivity index (χ0n) is 4.86. The molecule has 0 aliphatic heterocycles. The van der Waals surface area contributed by atoms with Crippen LogP contribution in [0.1, 0.15) is 20.8 Å². The highest BCUT2D eigenvalue weighted by atomic mass is 28.2. The smallest absolute Gasteiger partial charge is 0.409 e. The first-order valence-electron chi connectivity index (χ1n) is 2.13. The van der Waals surface area contributed by atoms with Crippen molar-refractivity contribution in [3.8, 4) is 0 Å². The van der Waals surface area contributed by atoms with Gasteiger partial charge in [-0.3, -0.25) is 0 Å². The van der Waals surface area contributed by atoms with Crippen molar-refractivity contribution >= 4 is 10.0 Å². The van der Waals surface area contributed by atoms with E-state index in [9.17, 15) is 0 Å². The molecule has 0 aromatic heterocycles. The molecule has 42 valence electrons. The molecule has 7 heavy (non-hydrogen) atoms. The molecule has 0 aliphatic rings. The van der Waals surface area contributed by atoms with Crippen molar-refractivity contribution in [1.29, 1.82) is 0 Å². The first-order chi connectivity index (χ1) is 3.06. The Kier molecular flexibility index (Phi) is 2.49. The van der Waals surface area contributed by atoms with E-state index in [2.05, 4.69) is 0 Å². The van der Waals surface area contributed by atoms with Gasteiger partial charge in [0.05, 0.1) is 0 Å². The van der Waals surface area contributed by atoms with Gasteiger partial charge in [0.25, 0.3) is 0 Å². The Morgan fingerprint density at radius 1 is 1.43 bits per heavy atom. The molecule has 0 aromatic rings. The highest BCUT2D eigenvalue weighted by Gasteiger charge is 2.08. The van der Waals surface area contributed by atoms with Crippen molar-refractivity contribution < 1.29 is 9.22 Å². The third-order valence-electron chi connectivity index (χ3n) is 0.352. The standard InChI is InChI=1S/C4H10O2Si/c1-4(2,3)6-7-5/h5H,1-3H3. The summed E-state index contributed by atoms with van der Waals surface area (Å²) in [5.74, 6) is 0. The van der Waals surface area contributed by atoms with E-state index in [1.807, 2.05) is 20.8 Å². The minimum Gasteiger partial charge on any atom is -0.409 e. The van der Waals surface area contributed by atoms with E-state index in [1.165, 1.54) is 0 Å². The van der Waals surface area contributed by atoms with Crippen molar-refractivity contribution in [2.24, 2.45) is 0 Å². The zero-order chi connectivity index (χ0) is 5.91. The molecule has 2 nitrogen and oxygen atoms in total. The summed E-state index contributed by atoms with van der Waals surface area (Å²) in [6, 6.07) is 0. The lowest BCUT2D eigenvalue weighted by Gasteiger charge is -2.15. The minimum absolute atomic E-state index is 0.187. The molecule has 0 saturated carbocycles. The lowest BCUT2D eigenvalue weighted by Crippen LogP contribution is -2.21. The van der Waals surface area contributed by atoms with Crippen LogP contribution in [0, 0.1) is 0 Å². The molecule has 0 bridgehead atoms.